The Kier molecular flexibility index (Phi) is 6.46. The molecule has 1 aromatic rings. The highest BCUT2D eigenvalue weighted by atomic mass is 14.9. The van der Waals surface area contributed by atoms with Gasteiger partial charge in [0.05, 0.1) is 0 Å². The van der Waals surface area contributed by atoms with Crippen LogP contribution in [0, 0.1) is 26.2 Å². The number of hydrogen-bond donors (Lipinski definition) is 1. The molecule has 1 rings (SSSR count). The van der Waals surface area contributed by atoms with Gasteiger partial charge in [0, 0.05) is 23.9 Å². The Morgan fingerprint density at radius 2 is 2.00 bits per heavy atom. The number of unbranched alkanes of at least 4 members (excludes halogenated alkanes) is 1. The largest absolute Gasteiger partial charge is 0.310 e. The molecular weight excluding hydrogens is 220 g/mol. The summed E-state index contributed by atoms with van der Waals surface area (Å²) in [6.45, 7) is 7.33. The molecule has 1 N–H and O–H groups in total. The average molecular weight is 244 g/mol. The highest BCUT2D eigenvalue weighted by molar-refractivity contribution is 5.23. The summed E-state index contributed by atoms with van der Waals surface area (Å²) in [6, 6.07) is 4.76. The maximum Gasteiger partial charge on any atom is 0.0379 e. The second-order valence-corrected chi connectivity index (χ2v) is 4.79. The molecule has 2 heteroatoms. The molecule has 0 fully saturated rings. The summed E-state index contributed by atoms with van der Waals surface area (Å²) in [5, 5.41) is 3.60. The molecule has 1 aromatic heterocycles. The second kappa shape index (κ2) is 7.89. The van der Waals surface area contributed by atoms with Crippen LogP contribution in [0.3, 0.4) is 0 Å². The van der Waals surface area contributed by atoms with Gasteiger partial charge in [0.2, 0.25) is 0 Å². The van der Waals surface area contributed by atoms with E-state index in [0.717, 1.165) is 43.6 Å². The Bertz CT molecular complexity index is 384. The molecule has 0 radical (unpaired) electrons. The molecule has 1 heterocycles. The lowest BCUT2D eigenvalue weighted by molar-refractivity contribution is 0.486. The molecule has 0 bridgehead atoms. The van der Waals surface area contributed by atoms with Gasteiger partial charge in [0.15, 0.2) is 0 Å². The van der Waals surface area contributed by atoms with Gasteiger partial charge in [-0.3, -0.25) is 4.98 Å². The summed E-state index contributed by atoms with van der Waals surface area (Å²) < 4.78 is 0. The van der Waals surface area contributed by atoms with E-state index in [2.05, 4.69) is 49.1 Å². The number of rotatable bonds is 7. The number of nitrogens with zero attached hydrogens (tertiary/aromatic N) is 1. The molecule has 0 aromatic carbocycles. The summed E-state index contributed by atoms with van der Waals surface area (Å²) in [4.78, 5) is 4.43. The van der Waals surface area contributed by atoms with E-state index in [4.69, 9.17) is 6.42 Å². The van der Waals surface area contributed by atoms with Gasteiger partial charge in [0.25, 0.3) is 0 Å². The number of nitrogens with one attached hydrogen (secondary N) is 1. The van der Waals surface area contributed by atoms with Gasteiger partial charge >= 0.3 is 0 Å². The molecule has 2 nitrogen and oxygen atoms in total. The Morgan fingerprint density at radius 3 is 2.56 bits per heavy atom. The molecule has 0 spiro atoms. The molecule has 0 saturated carbocycles. The van der Waals surface area contributed by atoms with Crippen molar-refractivity contribution in [2.45, 2.75) is 52.5 Å². The molecule has 0 aliphatic carbocycles. The third kappa shape index (κ3) is 4.89. The Morgan fingerprint density at radius 1 is 1.33 bits per heavy atom. The van der Waals surface area contributed by atoms with Crippen molar-refractivity contribution in [3.63, 3.8) is 0 Å². The van der Waals surface area contributed by atoms with Crippen LogP contribution in [0.15, 0.2) is 12.1 Å². The Hall–Kier alpha value is -1.33. The molecule has 1 unspecified atom stereocenters. The van der Waals surface area contributed by atoms with Crippen molar-refractivity contribution in [3.8, 4) is 12.3 Å². The number of pyridine rings is 1. The number of terminal acetylenes is 1. The maximum absolute atomic E-state index is 5.32. The van der Waals surface area contributed by atoms with Gasteiger partial charge in [-0.15, -0.1) is 12.3 Å². The highest BCUT2D eigenvalue weighted by Gasteiger charge is 2.11. The van der Waals surface area contributed by atoms with Gasteiger partial charge in [-0.25, -0.2) is 0 Å². The fraction of sp³-hybridized carbons (Fsp3) is 0.562. The van der Waals surface area contributed by atoms with Crippen LogP contribution in [0.1, 0.15) is 55.6 Å². The molecule has 0 saturated heterocycles. The highest BCUT2D eigenvalue weighted by Crippen LogP contribution is 2.20. The van der Waals surface area contributed by atoms with E-state index in [-0.39, 0.29) is 0 Å². The molecule has 0 aliphatic heterocycles. The first kappa shape index (κ1) is 14.7. The van der Waals surface area contributed by atoms with Gasteiger partial charge in [-0.1, -0.05) is 6.92 Å². The first-order chi connectivity index (χ1) is 8.67. The second-order valence-electron chi connectivity index (χ2n) is 4.79. The average Bonchev–Trinajstić information content (AvgIpc) is 2.32. The number of hydrogen-bond acceptors (Lipinski definition) is 2. The van der Waals surface area contributed by atoms with E-state index >= 15 is 0 Å². The van der Waals surface area contributed by atoms with Gasteiger partial charge in [0.1, 0.15) is 0 Å². The zero-order valence-electron chi connectivity index (χ0n) is 11.8. The molecule has 98 valence electrons. The lowest BCUT2D eigenvalue weighted by atomic mass is 10.00. The first-order valence-corrected chi connectivity index (χ1v) is 6.79. The minimum Gasteiger partial charge on any atom is -0.310 e. The van der Waals surface area contributed by atoms with Crippen molar-refractivity contribution in [1.82, 2.24) is 10.3 Å². The van der Waals surface area contributed by atoms with Gasteiger partial charge in [-0.2, -0.15) is 0 Å². The van der Waals surface area contributed by atoms with Crippen LogP contribution in [-0.2, 0) is 0 Å². The van der Waals surface area contributed by atoms with Crippen LogP contribution in [0.2, 0.25) is 0 Å². The van der Waals surface area contributed by atoms with E-state index in [1.54, 1.807) is 0 Å². The quantitative estimate of drug-likeness (QED) is 0.586. The third-order valence-corrected chi connectivity index (χ3v) is 2.96. The minimum absolute atomic E-state index is 0.402. The summed E-state index contributed by atoms with van der Waals surface area (Å²) in [5.41, 5.74) is 3.51. The van der Waals surface area contributed by atoms with Crippen LogP contribution >= 0.6 is 0 Å². The van der Waals surface area contributed by atoms with Crippen LogP contribution in [0.4, 0.5) is 0 Å². The molecule has 0 amide bonds. The van der Waals surface area contributed by atoms with Crippen molar-refractivity contribution in [2.75, 3.05) is 6.54 Å². The lowest BCUT2D eigenvalue weighted by Crippen LogP contribution is -2.22. The number of aryl methyl sites for hydroxylation is 2. The molecule has 18 heavy (non-hydrogen) atoms. The van der Waals surface area contributed by atoms with Crippen molar-refractivity contribution >= 4 is 0 Å². The van der Waals surface area contributed by atoms with Crippen molar-refractivity contribution in [3.05, 3.63) is 29.1 Å². The van der Waals surface area contributed by atoms with Crippen LogP contribution in [-0.4, -0.2) is 11.5 Å². The van der Waals surface area contributed by atoms with E-state index in [0.29, 0.717) is 6.04 Å². The Balaban J connectivity index is 2.76. The third-order valence-electron chi connectivity index (χ3n) is 2.96. The lowest BCUT2D eigenvalue weighted by Gasteiger charge is -2.19. The summed E-state index contributed by atoms with van der Waals surface area (Å²) in [5.74, 6) is 2.71. The standard InChI is InChI=1S/C16H24N2/c1-5-7-8-9-16(17-10-6-2)15-11-13(3)18-14(4)12-15/h1,11-12,16-17H,6-10H2,2-4H3. The smallest absolute Gasteiger partial charge is 0.0379 e. The Labute approximate surface area is 111 Å². The van der Waals surface area contributed by atoms with Gasteiger partial charge < -0.3 is 5.32 Å². The predicted octanol–water partition coefficient (Wildman–Crippen LogP) is 3.54. The van der Waals surface area contributed by atoms with Crippen LogP contribution < -0.4 is 5.32 Å². The predicted molar refractivity (Wildman–Crippen MR) is 77.4 cm³/mol. The van der Waals surface area contributed by atoms with Crippen molar-refractivity contribution < 1.29 is 0 Å². The monoisotopic (exact) mass is 244 g/mol. The molecule has 1 atom stereocenters. The van der Waals surface area contributed by atoms with E-state index < -0.39 is 0 Å². The fourth-order valence-corrected chi connectivity index (χ4v) is 2.18. The topological polar surface area (TPSA) is 24.9 Å². The zero-order valence-corrected chi connectivity index (χ0v) is 11.8. The summed E-state index contributed by atoms with van der Waals surface area (Å²) in [7, 11) is 0. The van der Waals surface area contributed by atoms with E-state index in [1.165, 1.54) is 5.56 Å². The maximum atomic E-state index is 5.32. The zero-order chi connectivity index (χ0) is 13.4. The van der Waals surface area contributed by atoms with Crippen molar-refractivity contribution in [2.24, 2.45) is 0 Å². The van der Waals surface area contributed by atoms with E-state index in [1.807, 2.05) is 0 Å². The summed E-state index contributed by atoms with van der Waals surface area (Å²) in [6.07, 6.45) is 9.48. The SMILES string of the molecule is C#CCCCC(NCCC)c1cc(C)nc(C)c1. The fourth-order valence-electron chi connectivity index (χ4n) is 2.18. The number of aromatic nitrogens is 1. The molecular formula is C16H24N2. The minimum atomic E-state index is 0.402. The van der Waals surface area contributed by atoms with Crippen molar-refractivity contribution in [1.29, 1.82) is 0 Å². The van der Waals surface area contributed by atoms with E-state index in [9.17, 15) is 0 Å². The van der Waals surface area contributed by atoms with Crippen LogP contribution in [0.5, 0.6) is 0 Å². The summed E-state index contributed by atoms with van der Waals surface area (Å²) >= 11 is 0. The molecule has 0 aliphatic rings. The first-order valence-electron chi connectivity index (χ1n) is 6.79. The van der Waals surface area contributed by atoms with Crippen LogP contribution in [0.25, 0.3) is 0 Å². The van der Waals surface area contributed by atoms with Gasteiger partial charge in [-0.05, 0) is 57.4 Å². The normalized spacial score (nSPS) is 12.1.